The van der Waals surface area contributed by atoms with Crippen molar-refractivity contribution in [3.63, 3.8) is 0 Å². The minimum atomic E-state index is 0.118. The van der Waals surface area contributed by atoms with E-state index in [9.17, 15) is 0 Å². The molecule has 110 valence electrons. The second kappa shape index (κ2) is 4.62. The van der Waals surface area contributed by atoms with E-state index < -0.39 is 0 Å². The lowest BCUT2D eigenvalue weighted by Gasteiger charge is -2.32. The summed E-state index contributed by atoms with van der Waals surface area (Å²) in [5.74, 6) is 1.08. The van der Waals surface area contributed by atoms with Gasteiger partial charge in [-0.05, 0) is 87.4 Å². The van der Waals surface area contributed by atoms with Crippen LogP contribution in [0.25, 0.3) is 11.1 Å². The van der Waals surface area contributed by atoms with Crippen molar-refractivity contribution in [2.45, 2.75) is 54.6 Å². The molecule has 0 aromatic heterocycles. The number of rotatable bonds is 0. The second-order valence-electron chi connectivity index (χ2n) is 6.43. The van der Waals surface area contributed by atoms with Crippen LogP contribution < -0.4 is 4.74 Å². The summed E-state index contributed by atoms with van der Waals surface area (Å²) in [4.78, 5) is 0. The minimum absolute atomic E-state index is 0.118. The fourth-order valence-electron chi connectivity index (χ4n) is 3.56. The first-order chi connectivity index (χ1) is 9.84. The molecule has 1 nitrogen and oxygen atoms in total. The molecule has 0 saturated heterocycles. The molecule has 1 aliphatic heterocycles. The van der Waals surface area contributed by atoms with Gasteiger partial charge in [0, 0.05) is 11.1 Å². The summed E-state index contributed by atoms with van der Waals surface area (Å²) in [7, 11) is 0. The summed E-state index contributed by atoms with van der Waals surface area (Å²) in [6.45, 7) is 15.4. The molecular formula is C20H24O. The van der Waals surface area contributed by atoms with Gasteiger partial charge in [0.1, 0.15) is 11.9 Å². The molecule has 3 rings (SSSR count). The van der Waals surface area contributed by atoms with Gasteiger partial charge in [0.15, 0.2) is 0 Å². The van der Waals surface area contributed by atoms with E-state index in [0.29, 0.717) is 0 Å². The summed E-state index contributed by atoms with van der Waals surface area (Å²) >= 11 is 0. The van der Waals surface area contributed by atoms with Gasteiger partial charge in [0.05, 0.1) is 0 Å². The Kier molecular flexibility index (Phi) is 3.12. The normalized spacial score (nSPS) is 16.2. The maximum atomic E-state index is 6.34. The van der Waals surface area contributed by atoms with Gasteiger partial charge in [-0.15, -0.1) is 0 Å². The van der Waals surface area contributed by atoms with Crippen molar-refractivity contribution in [1.82, 2.24) is 0 Å². The number of fused-ring (bicyclic) bond motifs is 3. The molecule has 0 bridgehead atoms. The number of hydrogen-bond donors (Lipinski definition) is 0. The summed E-state index contributed by atoms with van der Waals surface area (Å²) in [5.41, 5.74) is 12.1. The highest BCUT2D eigenvalue weighted by atomic mass is 16.5. The quantitative estimate of drug-likeness (QED) is 0.605. The Morgan fingerprint density at radius 3 is 2.05 bits per heavy atom. The zero-order valence-corrected chi connectivity index (χ0v) is 14.1. The summed E-state index contributed by atoms with van der Waals surface area (Å²) in [5, 5.41) is 0. The van der Waals surface area contributed by atoms with E-state index >= 15 is 0 Å². The summed E-state index contributed by atoms with van der Waals surface area (Å²) in [6.07, 6.45) is 0.118. The molecule has 1 atom stereocenters. The molecule has 0 aliphatic carbocycles. The lowest BCUT2D eigenvalue weighted by molar-refractivity contribution is 0.220. The SMILES string of the molecule is Cc1ccc2c(c1C)C(C)Oc1c(C)c(C)c(C)c(C)c1-2. The third kappa shape index (κ3) is 1.83. The zero-order chi connectivity index (χ0) is 15.5. The van der Waals surface area contributed by atoms with Crippen LogP contribution in [0.5, 0.6) is 5.75 Å². The molecule has 0 fully saturated rings. The van der Waals surface area contributed by atoms with Gasteiger partial charge in [0.25, 0.3) is 0 Å². The molecule has 0 spiro atoms. The maximum absolute atomic E-state index is 6.34. The van der Waals surface area contributed by atoms with Crippen LogP contribution in [0, 0.1) is 41.5 Å². The Bertz CT molecular complexity index is 753. The highest BCUT2D eigenvalue weighted by Crippen LogP contribution is 2.49. The molecule has 0 saturated carbocycles. The van der Waals surface area contributed by atoms with Crippen LogP contribution >= 0.6 is 0 Å². The third-order valence-electron chi connectivity index (χ3n) is 5.39. The van der Waals surface area contributed by atoms with Crippen LogP contribution in [0.2, 0.25) is 0 Å². The van der Waals surface area contributed by atoms with E-state index in [1.165, 1.54) is 50.1 Å². The van der Waals surface area contributed by atoms with Gasteiger partial charge in [-0.2, -0.15) is 0 Å². The van der Waals surface area contributed by atoms with E-state index in [2.05, 4.69) is 60.6 Å². The van der Waals surface area contributed by atoms with Crippen LogP contribution in [0.1, 0.15) is 52.0 Å². The molecule has 2 aromatic rings. The summed E-state index contributed by atoms with van der Waals surface area (Å²) < 4.78 is 6.34. The van der Waals surface area contributed by atoms with E-state index in [-0.39, 0.29) is 6.10 Å². The average Bonchev–Trinajstić information content (AvgIpc) is 2.46. The molecule has 1 unspecified atom stereocenters. The minimum Gasteiger partial charge on any atom is -0.485 e. The van der Waals surface area contributed by atoms with E-state index in [1.807, 2.05) is 0 Å². The Morgan fingerprint density at radius 2 is 1.38 bits per heavy atom. The molecule has 21 heavy (non-hydrogen) atoms. The van der Waals surface area contributed by atoms with Crippen molar-refractivity contribution in [2.75, 3.05) is 0 Å². The van der Waals surface area contributed by atoms with Crippen LogP contribution in [0.15, 0.2) is 12.1 Å². The van der Waals surface area contributed by atoms with Crippen molar-refractivity contribution in [2.24, 2.45) is 0 Å². The standard InChI is InChI=1S/C20H24O/c1-10-8-9-17-18(11(10)2)16(7)21-20-15(6)13(4)12(3)14(5)19(17)20/h8-9,16H,1-7H3. The van der Waals surface area contributed by atoms with E-state index in [0.717, 1.165) is 5.75 Å². The second-order valence-corrected chi connectivity index (χ2v) is 6.43. The van der Waals surface area contributed by atoms with Crippen molar-refractivity contribution >= 4 is 0 Å². The molecule has 2 aromatic carbocycles. The topological polar surface area (TPSA) is 9.23 Å². The van der Waals surface area contributed by atoms with Crippen molar-refractivity contribution < 1.29 is 4.74 Å². The van der Waals surface area contributed by atoms with Crippen LogP contribution in [-0.4, -0.2) is 0 Å². The van der Waals surface area contributed by atoms with Gasteiger partial charge in [0.2, 0.25) is 0 Å². The smallest absolute Gasteiger partial charge is 0.131 e. The molecule has 1 heteroatoms. The molecule has 0 radical (unpaired) electrons. The van der Waals surface area contributed by atoms with Gasteiger partial charge < -0.3 is 4.74 Å². The maximum Gasteiger partial charge on any atom is 0.131 e. The lowest BCUT2D eigenvalue weighted by atomic mass is 9.82. The Morgan fingerprint density at radius 1 is 0.762 bits per heavy atom. The zero-order valence-electron chi connectivity index (χ0n) is 14.1. The molecular weight excluding hydrogens is 256 g/mol. The predicted molar refractivity (Wildman–Crippen MR) is 89.3 cm³/mol. The molecule has 0 N–H and O–H groups in total. The Hall–Kier alpha value is -1.76. The first-order valence-electron chi connectivity index (χ1n) is 7.72. The monoisotopic (exact) mass is 280 g/mol. The molecule has 1 aliphatic rings. The van der Waals surface area contributed by atoms with Crippen molar-refractivity contribution in [1.29, 1.82) is 0 Å². The number of benzene rings is 2. The highest BCUT2D eigenvalue weighted by Gasteiger charge is 2.29. The van der Waals surface area contributed by atoms with Gasteiger partial charge in [-0.25, -0.2) is 0 Å². The largest absolute Gasteiger partial charge is 0.485 e. The van der Waals surface area contributed by atoms with Crippen molar-refractivity contribution in [3.05, 3.63) is 51.1 Å². The van der Waals surface area contributed by atoms with Crippen LogP contribution in [0.3, 0.4) is 0 Å². The van der Waals surface area contributed by atoms with E-state index in [1.54, 1.807) is 0 Å². The summed E-state index contributed by atoms with van der Waals surface area (Å²) in [6, 6.07) is 4.51. The average molecular weight is 280 g/mol. The molecule has 0 amide bonds. The first-order valence-corrected chi connectivity index (χ1v) is 7.72. The Balaban J connectivity index is 2.45. The first kappa shape index (κ1) is 14.2. The fourth-order valence-corrected chi connectivity index (χ4v) is 3.56. The van der Waals surface area contributed by atoms with Crippen LogP contribution in [0.4, 0.5) is 0 Å². The van der Waals surface area contributed by atoms with Crippen LogP contribution in [-0.2, 0) is 0 Å². The highest BCUT2D eigenvalue weighted by molar-refractivity contribution is 5.83. The van der Waals surface area contributed by atoms with Gasteiger partial charge in [-0.3, -0.25) is 0 Å². The van der Waals surface area contributed by atoms with Gasteiger partial charge in [-0.1, -0.05) is 12.1 Å². The predicted octanol–water partition coefficient (Wildman–Crippen LogP) is 5.66. The number of hydrogen-bond acceptors (Lipinski definition) is 1. The lowest BCUT2D eigenvalue weighted by Crippen LogP contribution is -2.16. The Labute approximate surface area is 128 Å². The molecule has 1 heterocycles. The number of aryl methyl sites for hydroxylation is 1. The third-order valence-corrected chi connectivity index (χ3v) is 5.39. The fraction of sp³-hybridized carbons (Fsp3) is 0.400. The number of ether oxygens (including phenoxy) is 1. The van der Waals surface area contributed by atoms with Crippen molar-refractivity contribution in [3.8, 4) is 16.9 Å². The van der Waals surface area contributed by atoms with Gasteiger partial charge >= 0.3 is 0 Å². The van der Waals surface area contributed by atoms with E-state index in [4.69, 9.17) is 4.74 Å².